The minimum absolute atomic E-state index is 0.627. The third-order valence-electron chi connectivity index (χ3n) is 2.41. The van der Waals surface area contributed by atoms with E-state index in [0.29, 0.717) is 6.42 Å². The molecule has 1 N–H and O–H groups in total. The third kappa shape index (κ3) is 2.43. The summed E-state index contributed by atoms with van der Waals surface area (Å²) in [5.74, 6) is 0. The summed E-state index contributed by atoms with van der Waals surface area (Å²) in [6.07, 6.45) is 4.05. The summed E-state index contributed by atoms with van der Waals surface area (Å²) in [5.41, 5.74) is 1.18. The monoisotopic (exact) mass is 219 g/mol. The quantitative estimate of drug-likeness (QED) is 0.860. The van der Waals surface area contributed by atoms with Crippen LogP contribution in [0, 0.1) is 0 Å². The van der Waals surface area contributed by atoms with Crippen LogP contribution in [0.1, 0.15) is 18.1 Å². The first-order valence-corrected chi connectivity index (χ1v) is 5.77. The Balaban J connectivity index is 2.20. The summed E-state index contributed by atoms with van der Waals surface area (Å²) in [6.45, 7) is 1.82. The maximum absolute atomic E-state index is 10.3. The highest BCUT2D eigenvalue weighted by atomic mass is 32.1. The molecule has 1 unspecified atom stereocenters. The second kappa shape index (κ2) is 4.13. The van der Waals surface area contributed by atoms with E-state index in [-0.39, 0.29) is 0 Å². The normalized spacial score (nSPS) is 14.8. The number of hydrogen-bond donors (Lipinski definition) is 1. The van der Waals surface area contributed by atoms with E-state index in [0.717, 1.165) is 11.1 Å². The van der Waals surface area contributed by atoms with E-state index in [1.807, 2.05) is 30.5 Å². The molecule has 15 heavy (non-hydrogen) atoms. The fraction of sp³-hybridized carbons (Fsp3) is 0.250. The first kappa shape index (κ1) is 10.3. The summed E-state index contributed by atoms with van der Waals surface area (Å²) in [6, 6.07) is 5.78. The molecule has 2 aromatic heterocycles. The van der Waals surface area contributed by atoms with Gasteiger partial charge in [-0.3, -0.25) is 4.98 Å². The SMILES string of the molecule is CC(O)(Cc1ccsc1)c1cccnc1. The number of nitrogens with zero attached hydrogens (tertiary/aromatic N) is 1. The van der Waals surface area contributed by atoms with Gasteiger partial charge in [-0.2, -0.15) is 11.3 Å². The predicted molar refractivity (Wildman–Crippen MR) is 61.8 cm³/mol. The maximum Gasteiger partial charge on any atom is 0.0923 e. The first-order valence-electron chi connectivity index (χ1n) is 4.82. The van der Waals surface area contributed by atoms with Gasteiger partial charge in [0, 0.05) is 24.4 Å². The molecule has 0 saturated carbocycles. The molecule has 3 heteroatoms. The highest BCUT2D eigenvalue weighted by Crippen LogP contribution is 2.25. The fourth-order valence-electron chi connectivity index (χ4n) is 1.57. The largest absolute Gasteiger partial charge is 0.385 e. The lowest BCUT2D eigenvalue weighted by Gasteiger charge is -2.22. The summed E-state index contributed by atoms with van der Waals surface area (Å²) < 4.78 is 0. The Kier molecular flexibility index (Phi) is 2.84. The van der Waals surface area contributed by atoms with Crippen LogP contribution in [0.4, 0.5) is 0 Å². The van der Waals surface area contributed by atoms with Crippen LogP contribution < -0.4 is 0 Å². The van der Waals surface area contributed by atoms with Crippen LogP contribution in [0.25, 0.3) is 0 Å². The molecule has 78 valence electrons. The van der Waals surface area contributed by atoms with Gasteiger partial charge in [-0.05, 0) is 35.4 Å². The minimum atomic E-state index is -0.838. The molecule has 0 amide bonds. The second-order valence-corrected chi connectivity index (χ2v) is 4.60. The van der Waals surface area contributed by atoms with E-state index in [4.69, 9.17) is 0 Å². The Hall–Kier alpha value is -1.19. The molecule has 2 rings (SSSR count). The van der Waals surface area contributed by atoms with E-state index < -0.39 is 5.60 Å². The molecule has 0 aliphatic rings. The van der Waals surface area contributed by atoms with Gasteiger partial charge in [-0.1, -0.05) is 6.07 Å². The van der Waals surface area contributed by atoms with Crippen molar-refractivity contribution in [2.24, 2.45) is 0 Å². The summed E-state index contributed by atoms with van der Waals surface area (Å²) in [7, 11) is 0. The molecule has 0 spiro atoms. The van der Waals surface area contributed by atoms with Crippen molar-refractivity contribution in [2.75, 3.05) is 0 Å². The highest BCUT2D eigenvalue weighted by Gasteiger charge is 2.23. The van der Waals surface area contributed by atoms with Crippen molar-refractivity contribution in [1.82, 2.24) is 4.98 Å². The Labute approximate surface area is 93.2 Å². The van der Waals surface area contributed by atoms with Crippen LogP contribution in [0.3, 0.4) is 0 Å². The van der Waals surface area contributed by atoms with Crippen LogP contribution in [0.15, 0.2) is 41.4 Å². The van der Waals surface area contributed by atoms with E-state index in [9.17, 15) is 5.11 Å². The summed E-state index contributed by atoms with van der Waals surface area (Å²) in [4.78, 5) is 4.02. The molecule has 2 heterocycles. The number of aliphatic hydroxyl groups is 1. The number of pyridine rings is 1. The van der Waals surface area contributed by atoms with E-state index >= 15 is 0 Å². The highest BCUT2D eigenvalue weighted by molar-refractivity contribution is 7.07. The van der Waals surface area contributed by atoms with Crippen molar-refractivity contribution in [3.05, 3.63) is 52.5 Å². The van der Waals surface area contributed by atoms with Gasteiger partial charge in [-0.25, -0.2) is 0 Å². The van der Waals surface area contributed by atoms with Crippen LogP contribution in [0.2, 0.25) is 0 Å². The lowest BCUT2D eigenvalue weighted by molar-refractivity contribution is 0.0574. The van der Waals surface area contributed by atoms with Crippen molar-refractivity contribution in [3.8, 4) is 0 Å². The Morgan fingerprint density at radius 2 is 2.33 bits per heavy atom. The Morgan fingerprint density at radius 1 is 1.47 bits per heavy atom. The molecule has 0 aliphatic heterocycles. The predicted octanol–water partition coefficient (Wildman–Crippen LogP) is 2.59. The van der Waals surface area contributed by atoms with Crippen molar-refractivity contribution >= 4 is 11.3 Å². The molecule has 2 aromatic rings. The Morgan fingerprint density at radius 3 is 2.93 bits per heavy atom. The molecule has 0 aliphatic carbocycles. The zero-order chi connectivity index (χ0) is 10.7. The molecule has 0 radical (unpaired) electrons. The van der Waals surface area contributed by atoms with Crippen molar-refractivity contribution in [2.45, 2.75) is 18.9 Å². The fourth-order valence-corrected chi connectivity index (χ4v) is 2.24. The zero-order valence-electron chi connectivity index (χ0n) is 8.55. The lowest BCUT2D eigenvalue weighted by Crippen LogP contribution is -2.24. The van der Waals surface area contributed by atoms with E-state index in [2.05, 4.69) is 10.4 Å². The van der Waals surface area contributed by atoms with E-state index in [1.54, 1.807) is 23.7 Å². The molecular formula is C12H13NOS. The topological polar surface area (TPSA) is 33.1 Å². The smallest absolute Gasteiger partial charge is 0.0923 e. The van der Waals surface area contributed by atoms with Crippen LogP contribution >= 0.6 is 11.3 Å². The van der Waals surface area contributed by atoms with Gasteiger partial charge in [0.1, 0.15) is 0 Å². The molecule has 0 aromatic carbocycles. The number of hydrogen-bond acceptors (Lipinski definition) is 3. The second-order valence-electron chi connectivity index (χ2n) is 3.82. The minimum Gasteiger partial charge on any atom is -0.385 e. The first-order chi connectivity index (χ1) is 7.18. The number of rotatable bonds is 3. The summed E-state index contributed by atoms with van der Waals surface area (Å²) in [5, 5.41) is 14.4. The molecule has 0 bridgehead atoms. The maximum atomic E-state index is 10.3. The van der Waals surface area contributed by atoms with Gasteiger partial charge >= 0.3 is 0 Å². The van der Waals surface area contributed by atoms with Gasteiger partial charge in [0.15, 0.2) is 0 Å². The summed E-state index contributed by atoms with van der Waals surface area (Å²) >= 11 is 1.65. The molecule has 2 nitrogen and oxygen atoms in total. The molecular weight excluding hydrogens is 206 g/mol. The average Bonchev–Trinajstić information content (AvgIpc) is 2.71. The van der Waals surface area contributed by atoms with Crippen molar-refractivity contribution < 1.29 is 5.11 Å². The van der Waals surface area contributed by atoms with Gasteiger partial charge in [-0.15, -0.1) is 0 Å². The van der Waals surface area contributed by atoms with Gasteiger partial charge in [0.2, 0.25) is 0 Å². The molecule has 0 fully saturated rings. The number of thiophene rings is 1. The molecule has 0 saturated heterocycles. The van der Waals surface area contributed by atoms with Crippen LogP contribution in [-0.2, 0) is 12.0 Å². The molecule has 1 atom stereocenters. The zero-order valence-corrected chi connectivity index (χ0v) is 9.37. The van der Waals surface area contributed by atoms with Crippen molar-refractivity contribution in [1.29, 1.82) is 0 Å². The van der Waals surface area contributed by atoms with Gasteiger partial charge < -0.3 is 5.11 Å². The number of aromatic nitrogens is 1. The van der Waals surface area contributed by atoms with E-state index in [1.165, 1.54) is 0 Å². The van der Waals surface area contributed by atoms with Gasteiger partial charge in [0.05, 0.1) is 5.60 Å². The third-order valence-corrected chi connectivity index (χ3v) is 3.14. The van der Waals surface area contributed by atoms with Crippen molar-refractivity contribution in [3.63, 3.8) is 0 Å². The lowest BCUT2D eigenvalue weighted by atomic mass is 9.91. The Bertz CT molecular complexity index is 408. The van der Waals surface area contributed by atoms with Crippen LogP contribution in [-0.4, -0.2) is 10.1 Å². The van der Waals surface area contributed by atoms with Gasteiger partial charge in [0.25, 0.3) is 0 Å². The standard InChI is InChI=1S/C12H13NOS/c1-12(14,7-10-4-6-15-9-10)11-3-2-5-13-8-11/h2-6,8-9,14H,7H2,1H3. The van der Waals surface area contributed by atoms with Crippen LogP contribution in [0.5, 0.6) is 0 Å². The average molecular weight is 219 g/mol.